The summed E-state index contributed by atoms with van der Waals surface area (Å²) in [4.78, 5) is 11.3. The van der Waals surface area contributed by atoms with Gasteiger partial charge in [0.25, 0.3) is 0 Å². The molecule has 6 nitrogen and oxygen atoms in total. The molecule has 0 spiro atoms. The molecule has 1 aliphatic carbocycles. The van der Waals surface area contributed by atoms with Gasteiger partial charge in [-0.05, 0) is 43.9 Å². The number of para-hydroxylation sites is 1. The Kier molecular flexibility index (Phi) is 7.74. The number of aliphatic hydroxyl groups excluding tert-OH is 1. The number of aliphatic carboxylic acids is 1. The molecule has 1 saturated carbocycles. The largest absolute Gasteiger partial charge is 0.493 e. The topological polar surface area (TPSA) is 85.2 Å². The average Bonchev–Trinajstić information content (AvgIpc) is 3.05. The summed E-state index contributed by atoms with van der Waals surface area (Å²) in [6, 6.07) is 9.62. The number of ether oxygens (including phenoxy) is 3. The van der Waals surface area contributed by atoms with E-state index in [-0.39, 0.29) is 24.5 Å². The Balaban J connectivity index is 1.65. The molecule has 1 saturated heterocycles. The fourth-order valence-electron chi connectivity index (χ4n) is 4.02. The van der Waals surface area contributed by atoms with Crippen molar-refractivity contribution >= 4 is 5.97 Å². The van der Waals surface area contributed by atoms with Crippen LogP contribution in [-0.2, 0) is 14.3 Å². The summed E-state index contributed by atoms with van der Waals surface area (Å²) in [7, 11) is 0. The molecule has 2 N–H and O–H groups in total. The van der Waals surface area contributed by atoms with Gasteiger partial charge in [0.05, 0.1) is 31.5 Å². The van der Waals surface area contributed by atoms with Crippen LogP contribution in [0.25, 0.3) is 0 Å². The summed E-state index contributed by atoms with van der Waals surface area (Å²) < 4.78 is 17.6. The maximum absolute atomic E-state index is 11.3. The first-order valence-corrected chi connectivity index (χ1v) is 10.2. The maximum Gasteiger partial charge on any atom is 0.303 e. The maximum atomic E-state index is 11.3. The molecule has 1 heterocycles. The Bertz CT molecular complexity index is 638. The van der Waals surface area contributed by atoms with E-state index in [0.717, 1.165) is 37.2 Å². The number of hydrogen-bond donors (Lipinski definition) is 2. The van der Waals surface area contributed by atoms with Crippen molar-refractivity contribution in [2.24, 2.45) is 11.8 Å². The monoisotopic (exact) mass is 390 g/mol. The molecule has 1 aromatic carbocycles. The van der Waals surface area contributed by atoms with Gasteiger partial charge in [0.15, 0.2) is 6.29 Å². The Morgan fingerprint density at radius 2 is 2.00 bits per heavy atom. The van der Waals surface area contributed by atoms with Crippen LogP contribution < -0.4 is 4.74 Å². The van der Waals surface area contributed by atoms with Gasteiger partial charge in [-0.2, -0.15) is 0 Å². The highest BCUT2D eigenvalue weighted by Crippen LogP contribution is 2.40. The average molecular weight is 390 g/mol. The van der Waals surface area contributed by atoms with Crippen LogP contribution in [0, 0.1) is 11.8 Å². The van der Waals surface area contributed by atoms with E-state index >= 15 is 0 Å². The lowest BCUT2D eigenvalue weighted by Crippen LogP contribution is -2.28. The second-order valence-corrected chi connectivity index (χ2v) is 7.48. The molecule has 0 radical (unpaired) electrons. The number of benzene rings is 1. The molecular weight excluding hydrogens is 360 g/mol. The minimum atomic E-state index is -0.892. The van der Waals surface area contributed by atoms with Gasteiger partial charge in [0, 0.05) is 24.7 Å². The number of carboxylic acid groups (broad SMARTS) is 1. The third-order valence-corrected chi connectivity index (χ3v) is 5.44. The van der Waals surface area contributed by atoms with Gasteiger partial charge >= 0.3 is 5.97 Å². The molecule has 3 rings (SSSR count). The molecule has 4 atom stereocenters. The molecule has 0 aromatic heterocycles. The van der Waals surface area contributed by atoms with Crippen molar-refractivity contribution in [2.75, 3.05) is 13.2 Å². The van der Waals surface area contributed by atoms with Crippen LogP contribution in [0.3, 0.4) is 0 Å². The van der Waals surface area contributed by atoms with E-state index in [1.165, 1.54) is 0 Å². The Morgan fingerprint density at radius 3 is 2.71 bits per heavy atom. The summed E-state index contributed by atoms with van der Waals surface area (Å²) in [5.41, 5.74) is 0. The third kappa shape index (κ3) is 5.97. The number of rotatable bonds is 9. The second-order valence-electron chi connectivity index (χ2n) is 7.48. The molecule has 1 aliphatic heterocycles. The second kappa shape index (κ2) is 10.5. The van der Waals surface area contributed by atoms with Gasteiger partial charge in [-0.3, -0.25) is 4.79 Å². The van der Waals surface area contributed by atoms with Crippen molar-refractivity contribution in [3.63, 3.8) is 0 Å². The summed E-state index contributed by atoms with van der Waals surface area (Å²) >= 11 is 0. The molecule has 28 heavy (non-hydrogen) atoms. The Hall–Kier alpha value is -2.05. The van der Waals surface area contributed by atoms with Crippen molar-refractivity contribution in [2.45, 2.75) is 57.3 Å². The number of allylic oxidation sites excluding steroid dienone is 1. The molecule has 0 bridgehead atoms. The van der Waals surface area contributed by atoms with Crippen molar-refractivity contribution in [3.05, 3.63) is 42.2 Å². The van der Waals surface area contributed by atoms with Gasteiger partial charge in [0.2, 0.25) is 0 Å². The number of carboxylic acids is 1. The van der Waals surface area contributed by atoms with E-state index in [0.29, 0.717) is 26.1 Å². The fraction of sp³-hybridized carbons (Fsp3) is 0.591. The normalized spacial score (nSPS) is 28.1. The standard InChI is InChI=1S/C22H30O6/c23-19-12-11-17(18(19)15-21(24)25)20(28-22-10-4-5-13-27-22)9-6-14-26-16-7-2-1-3-8-16/h1-3,7-9,17-19,22-23H,4-6,10-15H2,(H,24,25)/t17-,18+,19-,22?/m0/s1. The van der Waals surface area contributed by atoms with E-state index in [1.54, 1.807) is 0 Å². The highest BCUT2D eigenvalue weighted by Gasteiger charge is 2.40. The predicted molar refractivity (Wildman–Crippen MR) is 104 cm³/mol. The smallest absolute Gasteiger partial charge is 0.303 e. The van der Waals surface area contributed by atoms with Crippen molar-refractivity contribution in [1.29, 1.82) is 0 Å². The van der Waals surface area contributed by atoms with E-state index in [9.17, 15) is 15.0 Å². The summed E-state index contributed by atoms with van der Waals surface area (Å²) in [6.45, 7) is 1.18. The third-order valence-electron chi connectivity index (χ3n) is 5.44. The predicted octanol–water partition coefficient (Wildman–Crippen LogP) is 3.74. The van der Waals surface area contributed by atoms with Crippen molar-refractivity contribution < 1.29 is 29.2 Å². The highest BCUT2D eigenvalue weighted by atomic mass is 16.7. The van der Waals surface area contributed by atoms with Crippen LogP contribution >= 0.6 is 0 Å². The molecule has 2 fully saturated rings. The summed E-state index contributed by atoms with van der Waals surface area (Å²) in [5, 5.41) is 19.5. The lowest BCUT2D eigenvalue weighted by atomic mass is 9.89. The Labute approximate surface area is 166 Å². The zero-order valence-electron chi connectivity index (χ0n) is 16.2. The van der Waals surface area contributed by atoms with Crippen LogP contribution in [0.15, 0.2) is 42.2 Å². The van der Waals surface area contributed by atoms with E-state index < -0.39 is 12.1 Å². The summed E-state index contributed by atoms with van der Waals surface area (Å²) in [6.07, 6.45) is 5.90. The van der Waals surface area contributed by atoms with E-state index in [1.807, 2.05) is 36.4 Å². The zero-order chi connectivity index (χ0) is 19.8. The Morgan fingerprint density at radius 1 is 1.18 bits per heavy atom. The van der Waals surface area contributed by atoms with E-state index in [4.69, 9.17) is 14.2 Å². The molecule has 2 aliphatic rings. The van der Waals surface area contributed by atoms with Crippen molar-refractivity contribution in [3.8, 4) is 5.75 Å². The minimum absolute atomic E-state index is 0.0570. The number of hydrogen-bond acceptors (Lipinski definition) is 5. The first-order valence-electron chi connectivity index (χ1n) is 10.2. The molecule has 1 unspecified atom stereocenters. The van der Waals surface area contributed by atoms with Gasteiger partial charge in [-0.15, -0.1) is 0 Å². The van der Waals surface area contributed by atoms with Gasteiger partial charge in [0.1, 0.15) is 5.75 Å². The van der Waals surface area contributed by atoms with Crippen LogP contribution in [0.2, 0.25) is 0 Å². The number of carbonyl (C=O) groups is 1. The SMILES string of the molecule is O=C(O)C[C@@H]1[C@@H](C(=CCCOc2ccccc2)OC2CCCCO2)CC[C@@H]1O. The van der Waals surface area contributed by atoms with E-state index in [2.05, 4.69) is 0 Å². The number of aliphatic hydroxyl groups is 1. The molecule has 6 heteroatoms. The first-order chi connectivity index (χ1) is 13.6. The molecular formula is C22H30O6. The van der Waals surface area contributed by atoms with Gasteiger partial charge in [-0.25, -0.2) is 0 Å². The van der Waals surface area contributed by atoms with Gasteiger partial charge < -0.3 is 24.4 Å². The molecule has 154 valence electrons. The lowest BCUT2D eigenvalue weighted by Gasteiger charge is -2.29. The van der Waals surface area contributed by atoms with Crippen LogP contribution in [0.4, 0.5) is 0 Å². The van der Waals surface area contributed by atoms with Crippen molar-refractivity contribution in [1.82, 2.24) is 0 Å². The van der Waals surface area contributed by atoms with Crippen LogP contribution in [-0.4, -0.2) is 41.8 Å². The minimum Gasteiger partial charge on any atom is -0.493 e. The summed E-state index contributed by atoms with van der Waals surface area (Å²) in [5.74, 6) is 0.229. The molecule has 0 amide bonds. The van der Waals surface area contributed by atoms with Crippen LogP contribution in [0.5, 0.6) is 5.75 Å². The van der Waals surface area contributed by atoms with Gasteiger partial charge in [-0.1, -0.05) is 18.2 Å². The first kappa shape index (κ1) is 20.7. The lowest BCUT2D eigenvalue weighted by molar-refractivity contribution is -0.147. The fourth-order valence-corrected chi connectivity index (χ4v) is 4.02. The zero-order valence-corrected chi connectivity index (χ0v) is 16.2. The van der Waals surface area contributed by atoms with Crippen LogP contribution in [0.1, 0.15) is 44.9 Å². The quantitative estimate of drug-likeness (QED) is 0.493. The highest BCUT2D eigenvalue weighted by molar-refractivity contribution is 5.67. The molecule has 1 aromatic rings.